The van der Waals surface area contributed by atoms with Crippen LogP contribution in [0.5, 0.6) is 5.75 Å². The molecule has 0 fully saturated rings. The Morgan fingerprint density at radius 3 is 2.55 bits per heavy atom. The molecule has 0 aliphatic carbocycles. The summed E-state index contributed by atoms with van der Waals surface area (Å²) >= 11 is 0. The molecule has 4 N–H and O–H groups in total. The number of carboxylic acid groups (broad SMARTS) is 1. The second-order valence-electron chi connectivity index (χ2n) is 8.41. The number of rotatable bonds is 12. The molecule has 0 saturated carbocycles. The first-order valence-electron chi connectivity index (χ1n) is 11.4. The number of carboxylic acids is 1. The van der Waals surface area contributed by atoms with E-state index in [1.807, 2.05) is 0 Å². The molecule has 2 aromatic carbocycles. The van der Waals surface area contributed by atoms with Crippen molar-refractivity contribution in [3.8, 4) is 5.75 Å². The number of aldehydes is 1. The van der Waals surface area contributed by atoms with Crippen molar-refractivity contribution in [3.63, 3.8) is 0 Å². The van der Waals surface area contributed by atoms with Gasteiger partial charge in [-0.15, -0.1) is 0 Å². The molecule has 13 nitrogen and oxygen atoms in total. The van der Waals surface area contributed by atoms with Crippen molar-refractivity contribution >= 4 is 50.8 Å². The molecule has 0 radical (unpaired) electrons. The van der Waals surface area contributed by atoms with E-state index in [0.717, 1.165) is 5.52 Å². The van der Waals surface area contributed by atoms with E-state index in [1.54, 1.807) is 36.0 Å². The summed E-state index contributed by atoms with van der Waals surface area (Å²) in [5.74, 6) is -2.12. The van der Waals surface area contributed by atoms with Crippen LogP contribution in [0.15, 0.2) is 47.6 Å². The Kier molecular flexibility index (Phi) is 8.80. The van der Waals surface area contributed by atoms with Crippen LogP contribution in [0.25, 0.3) is 11.0 Å². The molecule has 0 bridgehead atoms. The van der Waals surface area contributed by atoms with Crippen LogP contribution in [0.4, 0.5) is 5.69 Å². The maximum Gasteiger partial charge on any atom is 0.305 e. The predicted molar refractivity (Wildman–Crippen MR) is 136 cm³/mol. The number of amides is 2. The standard InChI is InChI=1S/C24H27N5O8S/c1-14(11-29-13-26-19-8-16(24(34)25-3)4-6-20(19)29)37-21-9-17(27-15(2)31)5-7-22(21)38(35,36)28-18(12-30)10-23(32)33/h4-9,12-14,18,28H,10-11H2,1-3H3,(H,25,34)(H,27,31)(H,32,33)/t14-,18?/m1/s1. The number of fused-ring (bicyclic) bond motifs is 1. The highest BCUT2D eigenvalue weighted by molar-refractivity contribution is 7.89. The highest BCUT2D eigenvalue weighted by Gasteiger charge is 2.26. The molecule has 14 heteroatoms. The van der Waals surface area contributed by atoms with E-state index in [-0.39, 0.29) is 41.0 Å². The predicted octanol–water partition coefficient (Wildman–Crippen LogP) is 1.14. The van der Waals surface area contributed by atoms with E-state index in [4.69, 9.17) is 9.84 Å². The van der Waals surface area contributed by atoms with Gasteiger partial charge >= 0.3 is 5.97 Å². The molecule has 2 atom stereocenters. The van der Waals surface area contributed by atoms with Crippen LogP contribution in [0.2, 0.25) is 0 Å². The molecule has 1 unspecified atom stereocenters. The van der Waals surface area contributed by atoms with Crippen LogP contribution in [0.1, 0.15) is 30.6 Å². The molecule has 202 valence electrons. The average molecular weight is 546 g/mol. The summed E-state index contributed by atoms with van der Waals surface area (Å²) in [5, 5.41) is 14.0. The second-order valence-corrected chi connectivity index (χ2v) is 10.1. The lowest BCUT2D eigenvalue weighted by Crippen LogP contribution is -2.37. The Bertz CT molecular complexity index is 1480. The largest absolute Gasteiger partial charge is 0.487 e. The number of hydrogen-bond acceptors (Lipinski definition) is 8. The summed E-state index contributed by atoms with van der Waals surface area (Å²) in [4.78, 5) is 49.6. The van der Waals surface area contributed by atoms with Gasteiger partial charge in [0, 0.05) is 31.3 Å². The molecule has 0 aliphatic heterocycles. The number of nitrogens with one attached hydrogen (secondary N) is 3. The van der Waals surface area contributed by atoms with Crippen molar-refractivity contribution in [1.82, 2.24) is 19.6 Å². The van der Waals surface area contributed by atoms with Gasteiger partial charge in [-0.2, -0.15) is 0 Å². The number of benzene rings is 2. The van der Waals surface area contributed by atoms with Crippen molar-refractivity contribution in [2.75, 3.05) is 12.4 Å². The zero-order chi connectivity index (χ0) is 28.0. The highest BCUT2D eigenvalue weighted by Crippen LogP contribution is 2.29. The third kappa shape index (κ3) is 6.92. The molecule has 0 spiro atoms. The Hall–Kier alpha value is -4.30. The first-order valence-corrected chi connectivity index (χ1v) is 12.9. The summed E-state index contributed by atoms with van der Waals surface area (Å²) in [6.45, 7) is 3.22. The lowest BCUT2D eigenvalue weighted by atomic mass is 10.2. The summed E-state index contributed by atoms with van der Waals surface area (Å²) in [6.07, 6.45) is 0.397. The number of ether oxygens (including phenoxy) is 1. The minimum Gasteiger partial charge on any atom is -0.487 e. The maximum absolute atomic E-state index is 13.0. The molecular weight excluding hydrogens is 518 g/mol. The van der Waals surface area contributed by atoms with Crippen molar-refractivity contribution in [2.24, 2.45) is 0 Å². The van der Waals surface area contributed by atoms with Gasteiger partial charge in [0.25, 0.3) is 5.91 Å². The number of aliphatic carboxylic acids is 1. The van der Waals surface area contributed by atoms with Gasteiger partial charge in [-0.05, 0) is 37.3 Å². The van der Waals surface area contributed by atoms with Crippen LogP contribution < -0.4 is 20.1 Å². The normalized spacial score (nSPS) is 12.9. The Morgan fingerprint density at radius 1 is 1.18 bits per heavy atom. The van der Waals surface area contributed by atoms with Crippen molar-refractivity contribution in [3.05, 3.63) is 48.3 Å². The molecule has 3 aromatic rings. The average Bonchev–Trinajstić information content (AvgIpc) is 3.23. The number of carbonyl (C=O) groups is 4. The van der Waals surface area contributed by atoms with Gasteiger partial charge in [-0.1, -0.05) is 0 Å². The van der Waals surface area contributed by atoms with Gasteiger partial charge < -0.3 is 29.8 Å². The fraction of sp³-hybridized carbons (Fsp3) is 0.292. The lowest BCUT2D eigenvalue weighted by molar-refractivity contribution is -0.138. The van der Waals surface area contributed by atoms with Gasteiger partial charge in [-0.25, -0.2) is 18.1 Å². The van der Waals surface area contributed by atoms with Crippen LogP contribution in [-0.4, -0.2) is 66.3 Å². The fourth-order valence-corrected chi connectivity index (χ4v) is 4.98. The molecule has 3 rings (SSSR count). The number of nitrogens with zero attached hydrogens (tertiary/aromatic N) is 2. The summed E-state index contributed by atoms with van der Waals surface area (Å²) in [6, 6.07) is 7.39. The first kappa shape index (κ1) is 28.3. The topological polar surface area (TPSA) is 186 Å². The van der Waals surface area contributed by atoms with E-state index >= 15 is 0 Å². The van der Waals surface area contributed by atoms with E-state index < -0.39 is 34.6 Å². The van der Waals surface area contributed by atoms with Crippen molar-refractivity contribution in [2.45, 2.75) is 43.9 Å². The van der Waals surface area contributed by atoms with Crippen LogP contribution in [0.3, 0.4) is 0 Å². The number of aromatic nitrogens is 2. The minimum absolute atomic E-state index is 0.123. The zero-order valence-electron chi connectivity index (χ0n) is 20.8. The number of carbonyl (C=O) groups excluding carboxylic acids is 3. The zero-order valence-corrected chi connectivity index (χ0v) is 21.6. The molecule has 1 heterocycles. The smallest absolute Gasteiger partial charge is 0.305 e. The molecule has 0 saturated heterocycles. The first-order chi connectivity index (χ1) is 17.9. The van der Waals surface area contributed by atoms with Crippen LogP contribution in [0, 0.1) is 0 Å². The van der Waals surface area contributed by atoms with E-state index in [0.29, 0.717) is 11.1 Å². The van der Waals surface area contributed by atoms with Crippen LogP contribution in [-0.2, 0) is 31.0 Å². The molecule has 2 amide bonds. The summed E-state index contributed by atoms with van der Waals surface area (Å²) in [7, 11) is -2.86. The minimum atomic E-state index is -4.39. The SMILES string of the molecule is CNC(=O)c1ccc2c(c1)ncn2C[C@@H](C)Oc1cc(NC(C)=O)ccc1S(=O)(=O)NC(C=O)CC(=O)O. The summed E-state index contributed by atoms with van der Waals surface area (Å²) < 4.78 is 35.9. The van der Waals surface area contributed by atoms with E-state index in [9.17, 15) is 27.6 Å². The Morgan fingerprint density at radius 2 is 1.92 bits per heavy atom. The van der Waals surface area contributed by atoms with Crippen molar-refractivity contribution < 1.29 is 37.4 Å². The number of anilines is 1. The highest BCUT2D eigenvalue weighted by atomic mass is 32.2. The van der Waals surface area contributed by atoms with E-state index in [1.165, 1.54) is 32.2 Å². The molecule has 38 heavy (non-hydrogen) atoms. The van der Waals surface area contributed by atoms with Gasteiger partial charge in [0.1, 0.15) is 23.0 Å². The molecular formula is C24H27N5O8S. The fourth-order valence-electron chi connectivity index (χ4n) is 3.70. The number of hydrogen-bond donors (Lipinski definition) is 4. The van der Waals surface area contributed by atoms with Crippen LogP contribution >= 0.6 is 0 Å². The van der Waals surface area contributed by atoms with E-state index in [2.05, 4.69) is 20.3 Å². The number of imidazole rings is 1. The third-order valence-corrected chi connectivity index (χ3v) is 6.84. The second kappa shape index (κ2) is 11.8. The maximum atomic E-state index is 13.0. The third-order valence-electron chi connectivity index (χ3n) is 5.31. The van der Waals surface area contributed by atoms with Gasteiger partial charge in [0.2, 0.25) is 15.9 Å². The van der Waals surface area contributed by atoms with Gasteiger partial charge in [-0.3, -0.25) is 14.4 Å². The molecule has 1 aromatic heterocycles. The lowest BCUT2D eigenvalue weighted by Gasteiger charge is -2.20. The van der Waals surface area contributed by atoms with Gasteiger partial charge in [0.15, 0.2) is 0 Å². The number of sulfonamides is 1. The molecule has 0 aliphatic rings. The van der Waals surface area contributed by atoms with Gasteiger partial charge in [0.05, 0.1) is 36.4 Å². The Labute approximate surface area is 218 Å². The summed E-state index contributed by atoms with van der Waals surface area (Å²) in [5.41, 5.74) is 2.02. The Balaban J connectivity index is 1.90. The monoisotopic (exact) mass is 545 g/mol. The quantitative estimate of drug-likeness (QED) is 0.242. The van der Waals surface area contributed by atoms with Crippen molar-refractivity contribution in [1.29, 1.82) is 0 Å².